The number of rotatable bonds is 3. The van der Waals surface area contributed by atoms with Crippen molar-refractivity contribution in [1.29, 1.82) is 0 Å². The molecular weight excluding hydrogens is 347 g/mol. The molecule has 3 aromatic heterocycles. The zero-order valence-electron chi connectivity index (χ0n) is 14.8. The molecule has 0 aliphatic rings. The van der Waals surface area contributed by atoms with Crippen molar-refractivity contribution in [2.24, 2.45) is 0 Å². The highest BCUT2D eigenvalue weighted by molar-refractivity contribution is 5.90. The monoisotopic (exact) mass is 364 g/mol. The first-order valence-electron chi connectivity index (χ1n) is 8.34. The molecule has 4 aromatic rings. The Hall–Kier alpha value is -3.39. The van der Waals surface area contributed by atoms with Gasteiger partial charge in [0.05, 0.1) is 11.3 Å². The average molecular weight is 364 g/mol. The number of anilines is 1. The van der Waals surface area contributed by atoms with E-state index in [1.54, 1.807) is 12.1 Å². The highest BCUT2D eigenvalue weighted by Crippen LogP contribution is 2.35. The summed E-state index contributed by atoms with van der Waals surface area (Å²) in [6.45, 7) is 3.48. The Morgan fingerprint density at radius 1 is 1.00 bits per heavy atom. The highest BCUT2D eigenvalue weighted by Gasteiger charge is 2.20. The van der Waals surface area contributed by atoms with Crippen molar-refractivity contribution in [2.45, 2.75) is 20.5 Å². The molecule has 0 amide bonds. The summed E-state index contributed by atoms with van der Waals surface area (Å²) in [6.07, 6.45) is 0. The van der Waals surface area contributed by atoms with Gasteiger partial charge in [0.2, 0.25) is 5.95 Å². The molecule has 4 rings (SSSR count). The molecule has 8 heteroatoms. The quantitative estimate of drug-likeness (QED) is 0.579. The van der Waals surface area contributed by atoms with Crippen LogP contribution in [0.1, 0.15) is 17.2 Å². The van der Waals surface area contributed by atoms with Crippen molar-refractivity contribution in [3.8, 4) is 22.4 Å². The van der Waals surface area contributed by atoms with Gasteiger partial charge >= 0.3 is 0 Å². The lowest BCUT2D eigenvalue weighted by Gasteiger charge is -2.13. The number of pyridine rings is 1. The number of fused-ring (bicyclic) bond motifs is 1. The number of aliphatic hydroxyl groups excluding tert-OH is 1. The Bertz CT molecular complexity index is 1130. The van der Waals surface area contributed by atoms with Crippen molar-refractivity contribution in [1.82, 2.24) is 24.6 Å². The number of hydrogen-bond acceptors (Lipinski definition) is 6. The van der Waals surface area contributed by atoms with Crippen molar-refractivity contribution in [2.75, 3.05) is 5.73 Å². The fourth-order valence-electron chi connectivity index (χ4n) is 3.13. The van der Waals surface area contributed by atoms with Gasteiger partial charge in [-0.1, -0.05) is 0 Å². The topological polar surface area (TPSA) is 102 Å². The molecule has 0 fully saturated rings. The standard InChI is InChI=1S/C19H17FN6O/c1-10-7-13(8-11(2)22-10)16-17(12-3-5-14(20)6-4-12)24-19(21)26-18(16)23-15(9-27)25-26/h3-8,27H,9H2,1-2H3,(H2,21,24). The average Bonchev–Trinajstić information content (AvgIpc) is 3.06. The Kier molecular flexibility index (Phi) is 4.04. The third kappa shape index (κ3) is 3.00. The molecular formula is C19H17FN6O. The van der Waals surface area contributed by atoms with E-state index in [0.29, 0.717) is 22.5 Å². The van der Waals surface area contributed by atoms with E-state index in [4.69, 9.17) is 5.73 Å². The number of aromatic nitrogens is 5. The van der Waals surface area contributed by atoms with E-state index >= 15 is 0 Å². The van der Waals surface area contributed by atoms with E-state index in [1.807, 2.05) is 26.0 Å². The maximum Gasteiger partial charge on any atom is 0.223 e. The van der Waals surface area contributed by atoms with Crippen LogP contribution in [0.2, 0.25) is 0 Å². The van der Waals surface area contributed by atoms with Gasteiger partial charge in [0.25, 0.3) is 0 Å². The summed E-state index contributed by atoms with van der Waals surface area (Å²) in [7, 11) is 0. The second-order valence-corrected chi connectivity index (χ2v) is 6.26. The maximum atomic E-state index is 13.4. The van der Waals surface area contributed by atoms with E-state index in [-0.39, 0.29) is 24.2 Å². The van der Waals surface area contributed by atoms with Crippen LogP contribution >= 0.6 is 0 Å². The van der Waals surface area contributed by atoms with Crippen LogP contribution in [-0.4, -0.2) is 29.7 Å². The van der Waals surface area contributed by atoms with Gasteiger partial charge in [-0.2, -0.15) is 4.52 Å². The Morgan fingerprint density at radius 2 is 1.67 bits per heavy atom. The first kappa shape index (κ1) is 17.0. The molecule has 27 heavy (non-hydrogen) atoms. The number of nitrogen functional groups attached to an aromatic ring is 1. The zero-order valence-corrected chi connectivity index (χ0v) is 14.8. The van der Waals surface area contributed by atoms with Crippen molar-refractivity contribution >= 4 is 11.6 Å². The number of hydrogen-bond donors (Lipinski definition) is 2. The predicted octanol–water partition coefficient (Wildman–Crippen LogP) is 2.68. The Labute approximate surface area is 154 Å². The highest BCUT2D eigenvalue weighted by atomic mass is 19.1. The van der Waals surface area contributed by atoms with Crippen LogP contribution in [0.15, 0.2) is 36.4 Å². The molecule has 0 aliphatic heterocycles. The molecule has 0 aliphatic carbocycles. The summed E-state index contributed by atoms with van der Waals surface area (Å²) in [5.74, 6) is 0.0290. The van der Waals surface area contributed by atoms with E-state index in [1.165, 1.54) is 16.6 Å². The van der Waals surface area contributed by atoms with Gasteiger partial charge in [-0.25, -0.2) is 14.4 Å². The van der Waals surface area contributed by atoms with Gasteiger partial charge in [-0.05, 0) is 55.8 Å². The molecule has 3 N–H and O–H groups in total. The lowest BCUT2D eigenvalue weighted by Crippen LogP contribution is -2.06. The molecule has 7 nitrogen and oxygen atoms in total. The number of halogens is 1. The molecule has 0 spiro atoms. The third-order valence-electron chi connectivity index (χ3n) is 4.18. The van der Waals surface area contributed by atoms with Crippen LogP contribution in [0, 0.1) is 19.7 Å². The minimum atomic E-state index is -0.338. The summed E-state index contributed by atoms with van der Waals surface area (Å²) in [5, 5.41) is 13.6. The molecule has 0 unspecified atom stereocenters. The van der Waals surface area contributed by atoms with E-state index in [9.17, 15) is 9.50 Å². The first-order chi connectivity index (χ1) is 13.0. The summed E-state index contributed by atoms with van der Waals surface area (Å²) in [5.41, 5.74) is 11.0. The Morgan fingerprint density at radius 3 is 2.30 bits per heavy atom. The van der Waals surface area contributed by atoms with Gasteiger partial charge in [-0.3, -0.25) is 4.98 Å². The van der Waals surface area contributed by atoms with Crippen molar-refractivity contribution in [3.05, 3.63) is 59.4 Å². The second-order valence-electron chi connectivity index (χ2n) is 6.26. The minimum Gasteiger partial charge on any atom is -0.388 e. The fourth-order valence-corrected chi connectivity index (χ4v) is 3.13. The second kappa shape index (κ2) is 6.40. The number of nitrogens with two attached hydrogens (primary N) is 1. The SMILES string of the molecule is Cc1cc(-c2c(-c3ccc(F)cc3)nc(N)n3nc(CO)nc23)cc(C)n1. The van der Waals surface area contributed by atoms with E-state index in [0.717, 1.165) is 17.0 Å². The summed E-state index contributed by atoms with van der Waals surface area (Å²) < 4.78 is 14.8. The van der Waals surface area contributed by atoms with Crippen LogP contribution in [0.3, 0.4) is 0 Å². The largest absolute Gasteiger partial charge is 0.388 e. The molecule has 0 atom stereocenters. The smallest absolute Gasteiger partial charge is 0.223 e. The number of aryl methyl sites for hydroxylation is 2. The number of aliphatic hydroxyl groups is 1. The van der Waals surface area contributed by atoms with Crippen molar-refractivity contribution < 1.29 is 9.50 Å². The summed E-state index contributed by atoms with van der Waals surface area (Å²) in [4.78, 5) is 13.3. The lowest BCUT2D eigenvalue weighted by atomic mass is 9.99. The minimum absolute atomic E-state index is 0.128. The summed E-state index contributed by atoms with van der Waals surface area (Å²) in [6, 6.07) is 9.85. The normalized spacial score (nSPS) is 11.3. The number of benzene rings is 1. The fraction of sp³-hybridized carbons (Fsp3) is 0.158. The van der Waals surface area contributed by atoms with Crippen LogP contribution in [0.5, 0.6) is 0 Å². The van der Waals surface area contributed by atoms with Crippen LogP contribution in [-0.2, 0) is 6.61 Å². The summed E-state index contributed by atoms with van der Waals surface area (Å²) >= 11 is 0. The van der Waals surface area contributed by atoms with Gasteiger partial charge < -0.3 is 10.8 Å². The van der Waals surface area contributed by atoms with Crippen LogP contribution in [0.4, 0.5) is 10.3 Å². The number of nitrogens with zero attached hydrogens (tertiary/aromatic N) is 5. The van der Waals surface area contributed by atoms with Crippen molar-refractivity contribution in [3.63, 3.8) is 0 Å². The molecule has 3 heterocycles. The Balaban J connectivity index is 2.11. The predicted molar refractivity (Wildman–Crippen MR) is 99.2 cm³/mol. The lowest BCUT2D eigenvalue weighted by molar-refractivity contribution is 0.271. The van der Waals surface area contributed by atoms with Crippen LogP contribution in [0.25, 0.3) is 28.0 Å². The van der Waals surface area contributed by atoms with Gasteiger partial charge in [0, 0.05) is 17.0 Å². The molecule has 0 saturated carbocycles. The molecule has 0 radical (unpaired) electrons. The third-order valence-corrected chi connectivity index (χ3v) is 4.18. The molecule has 0 saturated heterocycles. The first-order valence-corrected chi connectivity index (χ1v) is 8.34. The van der Waals surface area contributed by atoms with Gasteiger partial charge in [-0.15, -0.1) is 5.10 Å². The maximum absolute atomic E-state index is 13.4. The van der Waals surface area contributed by atoms with Crippen LogP contribution < -0.4 is 5.73 Å². The van der Waals surface area contributed by atoms with E-state index in [2.05, 4.69) is 20.1 Å². The van der Waals surface area contributed by atoms with Gasteiger partial charge in [0.15, 0.2) is 11.5 Å². The molecule has 136 valence electrons. The molecule has 1 aromatic carbocycles. The zero-order chi connectivity index (χ0) is 19.1. The molecule has 0 bridgehead atoms. The van der Waals surface area contributed by atoms with Gasteiger partial charge in [0.1, 0.15) is 12.4 Å². The van der Waals surface area contributed by atoms with E-state index < -0.39 is 0 Å².